The minimum atomic E-state index is -0.739. The first-order chi connectivity index (χ1) is 15.0. The fraction of sp³-hybridized carbons (Fsp3) is 0.150. The lowest BCUT2D eigenvalue weighted by atomic mass is 10.2. The zero-order valence-electron chi connectivity index (χ0n) is 16.5. The molecule has 0 aliphatic carbocycles. The molecule has 3 aromatic rings. The van der Waals surface area contributed by atoms with Crippen molar-refractivity contribution in [3.8, 4) is 11.5 Å². The number of rotatable bonds is 9. The van der Waals surface area contributed by atoms with Crippen LogP contribution in [0.1, 0.15) is 11.1 Å². The van der Waals surface area contributed by atoms with Crippen molar-refractivity contribution in [1.82, 2.24) is 20.6 Å². The van der Waals surface area contributed by atoms with Crippen LogP contribution in [-0.4, -0.2) is 41.0 Å². The molecule has 0 bridgehead atoms. The van der Waals surface area contributed by atoms with Gasteiger partial charge in [-0.05, 0) is 29.3 Å². The molecule has 11 heteroatoms. The van der Waals surface area contributed by atoms with Crippen LogP contribution in [0.3, 0.4) is 0 Å². The average Bonchev–Trinajstić information content (AvgIpc) is 2.78. The van der Waals surface area contributed by atoms with Crippen LogP contribution >= 0.6 is 0 Å². The molecule has 0 atom stereocenters. The number of carbonyl (C=O) groups is 1. The van der Waals surface area contributed by atoms with Gasteiger partial charge >= 0.3 is 5.69 Å². The van der Waals surface area contributed by atoms with Gasteiger partial charge in [0.1, 0.15) is 6.61 Å². The van der Waals surface area contributed by atoms with Crippen molar-refractivity contribution in [3.05, 3.63) is 80.5 Å². The van der Waals surface area contributed by atoms with Crippen molar-refractivity contribution in [1.29, 1.82) is 0 Å². The Morgan fingerprint density at radius 1 is 1.16 bits per heavy atom. The number of aromatic amines is 2. The number of H-pyrrole nitrogens is 2. The number of anilines is 1. The summed E-state index contributed by atoms with van der Waals surface area (Å²) in [6.45, 7) is 0.135. The molecule has 0 aliphatic heterocycles. The van der Waals surface area contributed by atoms with E-state index in [0.717, 1.165) is 5.56 Å². The van der Waals surface area contributed by atoms with Crippen molar-refractivity contribution in [2.24, 2.45) is 5.10 Å². The van der Waals surface area contributed by atoms with Crippen LogP contribution in [0.2, 0.25) is 0 Å². The summed E-state index contributed by atoms with van der Waals surface area (Å²) in [5.41, 5.74) is 2.55. The van der Waals surface area contributed by atoms with Crippen molar-refractivity contribution in [3.63, 3.8) is 0 Å². The van der Waals surface area contributed by atoms with Crippen LogP contribution in [0.4, 0.5) is 5.82 Å². The smallest absolute Gasteiger partial charge is 0.342 e. The number of carbonyl (C=O) groups excluding carboxylic acids is 1. The van der Waals surface area contributed by atoms with Gasteiger partial charge in [-0.15, -0.1) is 5.10 Å². The highest BCUT2D eigenvalue weighted by atomic mass is 16.5. The van der Waals surface area contributed by atoms with E-state index in [2.05, 4.69) is 26.0 Å². The highest BCUT2D eigenvalue weighted by Crippen LogP contribution is 2.28. The minimum absolute atomic E-state index is 0.186. The van der Waals surface area contributed by atoms with E-state index >= 15 is 0 Å². The van der Waals surface area contributed by atoms with Crippen LogP contribution in [0.25, 0.3) is 0 Å². The largest absolute Gasteiger partial charge is 0.493 e. The normalized spacial score (nSPS) is 10.6. The van der Waals surface area contributed by atoms with E-state index < -0.39 is 17.2 Å². The standard InChI is InChI=1S/C20H20N6O5/c1-30-16-9-14(7-8-15(16)31-12-13-5-3-2-4-6-13)10-22-24-17(27)11-21-18-19(28)23-20(29)26-25-18/h2-10H,11-12H2,1H3,(H,21,25)(H,24,27)(H2,23,26,28,29)/b22-10+. The van der Waals surface area contributed by atoms with Gasteiger partial charge in [0.2, 0.25) is 5.82 Å². The Kier molecular flexibility index (Phi) is 7.14. The van der Waals surface area contributed by atoms with Crippen molar-refractivity contribution in [2.45, 2.75) is 6.61 Å². The van der Waals surface area contributed by atoms with Gasteiger partial charge in [-0.1, -0.05) is 30.3 Å². The van der Waals surface area contributed by atoms with Crippen LogP contribution in [-0.2, 0) is 11.4 Å². The van der Waals surface area contributed by atoms with E-state index in [1.54, 1.807) is 18.2 Å². The van der Waals surface area contributed by atoms with Crippen molar-refractivity contribution < 1.29 is 14.3 Å². The van der Waals surface area contributed by atoms with Gasteiger partial charge in [0, 0.05) is 0 Å². The first-order valence-corrected chi connectivity index (χ1v) is 9.14. The van der Waals surface area contributed by atoms with E-state index in [9.17, 15) is 14.4 Å². The average molecular weight is 424 g/mol. The number of nitrogens with one attached hydrogen (secondary N) is 4. The third-order valence-electron chi connectivity index (χ3n) is 3.96. The van der Waals surface area contributed by atoms with E-state index in [0.29, 0.717) is 23.7 Å². The number of nitrogens with zero attached hydrogens (tertiary/aromatic N) is 2. The van der Waals surface area contributed by atoms with Crippen LogP contribution < -0.4 is 31.5 Å². The minimum Gasteiger partial charge on any atom is -0.493 e. The Hall–Kier alpha value is -4.41. The van der Waals surface area contributed by atoms with Crippen LogP contribution in [0.5, 0.6) is 11.5 Å². The Balaban J connectivity index is 1.53. The summed E-state index contributed by atoms with van der Waals surface area (Å²) in [5, 5.41) is 11.9. The molecule has 1 aromatic heterocycles. The predicted molar refractivity (Wildman–Crippen MR) is 113 cm³/mol. The second-order valence-electron chi connectivity index (χ2n) is 6.19. The monoisotopic (exact) mass is 424 g/mol. The molecule has 0 spiro atoms. The number of ether oxygens (including phenoxy) is 2. The van der Waals surface area contributed by atoms with Gasteiger partial charge in [-0.3, -0.25) is 14.6 Å². The SMILES string of the molecule is COc1cc(/C=N/NC(=O)CNc2n[nH]c(=O)[nH]c2=O)ccc1OCc1ccccc1. The number of aromatic nitrogens is 3. The maximum atomic E-state index is 11.8. The van der Waals surface area contributed by atoms with Gasteiger partial charge < -0.3 is 14.8 Å². The van der Waals surface area contributed by atoms with Gasteiger partial charge in [0.05, 0.1) is 19.9 Å². The molecule has 0 fully saturated rings. The van der Waals surface area contributed by atoms with Gasteiger partial charge in [0.25, 0.3) is 11.5 Å². The van der Waals surface area contributed by atoms with Crippen molar-refractivity contribution >= 4 is 17.9 Å². The lowest BCUT2D eigenvalue weighted by Gasteiger charge is -2.11. The Labute approximate surface area is 176 Å². The topological polar surface area (TPSA) is 151 Å². The number of amides is 1. The number of hydrogen-bond donors (Lipinski definition) is 4. The molecule has 2 aromatic carbocycles. The molecule has 31 heavy (non-hydrogen) atoms. The fourth-order valence-electron chi connectivity index (χ4n) is 2.47. The zero-order valence-corrected chi connectivity index (χ0v) is 16.5. The highest BCUT2D eigenvalue weighted by molar-refractivity contribution is 5.84. The number of methoxy groups -OCH3 is 1. The van der Waals surface area contributed by atoms with Crippen LogP contribution in [0.15, 0.2) is 63.2 Å². The molecule has 0 unspecified atom stereocenters. The summed E-state index contributed by atoms with van der Waals surface area (Å²) in [5.74, 6) is 0.402. The fourth-order valence-corrected chi connectivity index (χ4v) is 2.47. The molecule has 1 amide bonds. The molecule has 1 heterocycles. The van der Waals surface area contributed by atoms with Gasteiger partial charge in [0.15, 0.2) is 11.5 Å². The van der Waals surface area contributed by atoms with E-state index in [4.69, 9.17) is 9.47 Å². The first kappa shape index (κ1) is 21.3. The summed E-state index contributed by atoms with van der Waals surface area (Å²) < 4.78 is 11.2. The third kappa shape index (κ3) is 6.29. The molecular weight excluding hydrogens is 404 g/mol. The maximum Gasteiger partial charge on any atom is 0.342 e. The lowest BCUT2D eigenvalue weighted by molar-refractivity contribution is -0.119. The van der Waals surface area contributed by atoms with E-state index in [-0.39, 0.29) is 12.4 Å². The third-order valence-corrected chi connectivity index (χ3v) is 3.96. The molecule has 0 aliphatic rings. The van der Waals surface area contributed by atoms with Gasteiger partial charge in [-0.25, -0.2) is 15.3 Å². The predicted octanol–water partition coefficient (Wildman–Crippen LogP) is 0.608. The quantitative estimate of drug-likeness (QED) is 0.290. The molecule has 3 rings (SSSR count). The Morgan fingerprint density at radius 3 is 2.71 bits per heavy atom. The molecule has 160 valence electrons. The summed E-state index contributed by atoms with van der Waals surface area (Å²) in [6, 6.07) is 15.0. The number of hydrazone groups is 1. The highest BCUT2D eigenvalue weighted by Gasteiger charge is 2.07. The lowest BCUT2D eigenvalue weighted by Crippen LogP contribution is -2.31. The summed E-state index contributed by atoms with van der Waals surface area (Å²) in [4.78, 5) is 36.2. The molecule has 4 N–H and O–H groups in total. The molecular formula is C20H20N6O5. The zero-order chi connectivity index (χ0) is 22.1. The van der Waals surface area contributed by atoms with Crippen molar-refractivity contribution in [2.75, 3.05) is 19.0 Å². The molecule has 0 saturated heterocycles. The summed E-state index contributed by atoms with van der Waals surface area (Å²) >= 11 is 0. The molecule has 0 saturated carbocycles. The summed E-state index contributed by atoms with van der Waals surface area (Å²) in [6.07, 6.45) is 1.44. The second kappa shape index (κ2) is 10.4. The first-order valence-electron chi connectivity index (χ1n) is 9.14. The Morgan fingerprint density at radius 2 is 1.97 bits per heavy atom. The number of benzene rings is 2. The maximum absolute atomic E-state index is 11.8. The van der Waals surface area contributed by atoms with E-state index in [1.807, 2.05) is 35.3 Å². The van der Waals surface area contributed by atoms with E-state index in [1.165, 1.54) is 13.3 Å². The van der Waals surface area contributed by atoms with Gasteiger partial charge in [-0.2, -0.15) is 5.10 Å². The Bertz CT molecular complexity index is 1170. The van der Waals surface area contributed by atoms with Crippen LogP contribution in [0, 0.1) is 0 Å². The second-order valence-corrected chi connectivity index (χ2v) is 6.19. The molecule has 0 radical (unpaired) electrons. The number of hydrogen-bond acceptors (Lipinski definition) is 8. The summed E-state index contributed by atoms with van der Waals surface area (Å²) in [7, 11) is 1.53. The molecule has 11 nitrogen and oxygen atoms in total.